The minimum Gasteiger partial charge on any atom is -0.493 e. The summed E-state index contributed by atoms with van der Waals surface area (Å²) in [5, 5.41) is 41.1. The average molecular weight is 472 g/mol. The highest BCUT2D eigenvalue weighted by atomic mass is 16.8. The summed E-state index contributed by atoms with van der Waals surface area (Å²) < 4.78 is 15.0. The summed E-state index contributed by atoms with van der Waals surface area (Å²) in [6.45, 7) is 0.792. The number of benzene rings is 2. The maximum absolute atomic E-state index is 12.0. The Bertz CT molecular complexity index is 1290. The number of nitrogens with zero attached hydrogens (tertiary/aromatic N) is 5. The number of hydrogen-bond acceptors (Lipinski definition) is 11. The molecule has 0 saturated carbocycles. The molecule has 0 spiro atoms. The van der Waals surface area contributed by atoms with E-state index in [0.29, 0.717) is 5.56 Å². The predicted octanol–water partition coefficient (Wildman–Crippen LogP) is 1.64. The zero-order valence-electron chi connectivity index (χ0n) is 17.7. The fourth-order valence-electron chi connectivity index (χ4n) is 2.77. The fraction of sp³-hybridized carbons (Fsp3) is 0.158. The predicted molar refractivity (Wildman–Crippen MR) is 113 cm³/mol. The number of non-ortho nitro benzene ring substituents is 1. The number of hydrazone groups is 1. The molecule has 1 aromatic heterocycles. The SMILES string of the molecule is COc1cc(-c2no[n+]([O-])c2C)c([N+](=O)[O-])cc1OCC(=O)N/N=C/c1cccc([N+](=O)[O-])c1. The topological polar surface area (TPSA) is 199 Å². The lowest BCUT2D eigenvalue weighted by Crippen LogP contribution is -2.25. The van der Waals surface area contributed by atoms with E-state index in [1.54, 1.807) is 6.07 Å². The molecule has 0 radical (unpaired) electrons. The van der Waals surface area contributed by atoms with Crippen molar-refractivity contribution in [2.45, 2.75) is 6.92 Å². The molecule has 2 aromatic carbocycles. The molecule has 15 heteroatoms. The van der Waals surface area contributed by atoms with Gasteiger partial charge < -0.3 is 14.7 Å². The van der Waals surface area contributed by atoms with Crippen LogP contribution < -0.4 is 19.8 Å². The first kappa shape index (κ1) is 23.6. The third kappa shape index (κ3) is 5.21. The van der Waals surface area contributed by atoms with Crippen LogP contribution in [0.4, 0.5) is 11.4 Å². The highest BCUT2D eigenvalue weighted by molar-refractivity contribution is 5.83. The van der Waals surface area contributed by atoms with Gasteiger partial charge >= 0.3 is 0 Å². The molecule has 0 aliphatic carbocycles. The molecule has 0 aliphatic heterocycles. The van der Waals surface area contributed by atoms with Crippen molar-refractivity contribution in [3.05, 3.63) is 73.1 Å². The molecular formula is C19H16N6O9. The van der Waals surface area contributed by atoms with Crippen molar-refractivity contribution in [2.75, 3.05) is 13.7 Å². The van der Waals surface area contributed by atoms with Gasteiger partial charge in [0.05, 0.1) is 29.2 Å². The third-order valence-electron chi connectivity index (χ3n) is 4.40. The van der Waals surface area contributed by atoms with Crippen LogP contribution >= 0.6 is 0 Å². The van der Waals surface area contributed by atoms with E-state index < -0.39 is 28.0 Å². The van der Waals surface area contributed by atoms with Crippen molar-refractivity contribution in [3.8, 4) is 22.8 Å². The van der Waals surface area contributed by atoms with Crippen LogP contribution in [-0.2, 0) is 4.79 Å². The number of nitro groups is 2. The first-order valence-electron chi connectivity index (χ1n) is 9.33. The van der Waals surface area contributed by atoms with Crippen LogP contribution in [0.3, 0.4) is 0 Å². The van der Waals surface area contributed by atoms with Gasteiger partial charge in [-0.05, 0) is 4.90 Å². The van der Waals surface area contributed by atoms with E-state index in [9.17, 15) is 30.2 Å². The number of nitro benzene ring substituents is 2. The van der Waals surface area contributed by atoms with Crippen LogP contribution in [0.15, 0.2) is 46.1 Å². The zero-order chi connectivity index (χ0) is 24.8. The highest BCUT2D eigenvalue weighted by Crippen LogP contribution is 2.39. The summed E-state index contributed by atoms with van der Waals surface area (Å²) in [5.41, 5.74) is 1.85. The third-order valence-corrected chi connectivity index (χ3v) is 4.40. The van der Waals surface area contributed by atoms with Crippen molar-refractivity contribution in [1.29, 1.82) is 0 Å². The number of rotatable bonds is 9. The van der Waals surface area contributed by atoms with Crippen LogP contribution in [0.1, 0.15) is 11.3 Å². The normalized spacial score (nSPS) is 10.8. The van der Waals surface area contributed by atoms with Crippen LogP contribution in [0.2, 0.25) is 0 Å². The van der Waals surface area contributed by atoms with E-state index in [0.717, 1.165) is 6.07 Å². The number of carbonyl (C=O) groups excluding carboxylic acids is 1. The molecule has 0 atom stereocenters. The van der Waals surface area contributed by atoms with E-state index in [4.69, 9.17) is 9.47 Å². The molecule has 0 unspecified atom stereocenters. The molecule has 0 aliphatic rings. The number of ether oxygens (including phenoxy) is 2. The molecule has 0 fully saturated rings. The molecule has 15 nitrogen and oxygen atoms in total. The van der Waals surface area contributed by atoms with Gasteiger partial charge in [0.1, 0.15) is 5.56 Å². The van der Waals surface area contributed by atoms with Gasteiger partial charge in [0.15, 0.2) is 18.1 Å². The smallest absolute Gasteiger partial charge is 0.285 e. The number of amides is 1. The molecule has 34 heavy (non-hydrogen) atoms. The minimum absolute atomic E-state index is 0.000177. The molecule has 176 valence electrons. The first-order valence-corrected chi connectivity index (χ1v) is 9.33. The van der Waals surface area contributed by atoms with Crippen molar-refractivity contribution in [2.24, 2.45) is 5.10 Å². The molecular weight excluding hydrogens is 456 g/mol. The Labute approximate surface area is 190 Å². The minimum atomic E-state index is -0.714. The van der Waals surface area contributed by atoms with E-state index >= 15 is 0 Å². The Hall–Kier alpha value is -5.08. The number of hydrogen-bond donors (Lipinski definition) is 1. The van der Waals surface area contributed by atoms with Crippen LogP contribution in [0.25, 0.3) is 11.3 Å². The molecule has 1 amide bonds. The second kappa shape index (κ2) is 10.0. The maximum Gasteiger partial charge on any atom is 0.285 e. The molecule has 3 aromatic rings. The monoisotopic (exact) mass is 472 g/mol. The van der Waals surface area contributed by atoms with Crippen molar-refractivity contribution in [3.63, 3.8) is 0 Å². The quantitative estimate of drug-likeness (QED) is 0.206. The summed E-state index contributed by atoms with van der Waals surface area (Å²) in [6, 6.07) is 7.85. The summed E-state index contributed by atoms with van der Waals surface area (Å²) >= 11 is 0. The fourth-order valence-corrected chi connectivity index (χ4v) is 2.77. The zero-order valence-corrected chi connectivity index (χ0v) is 17.7. The second-order valence-corrected chi connectivity index (χ2v) is 6.58. The molecule has 1 heterocycles. The number of methoxy groups -OCH3 is 1. The second-order valence-electron chi connectivity index (χ2n) is 6.58. The largest absolute Gasteiger partial charge is 0.493 e. The first-order chi connectivity index (χ1) is 16.2. The maximum atomic E-state index is 12.0. The number of aromatic nitrogens is 2. The lowest BCUT2D eigenvalue weighted by atomic mass is 10.1. The lowest BCUT2D eigenvalue weighted by Gasteiger charge is -2.11. The molecule has 0 saturated heterocycles. The van der Waals surface area contributed by atoms with E-state index in [1.165, 1.54) is 44.5 Å². The number of carbonyl (C=O) groups is 1. The summed E-state index contributed by atoms with van der Waals surface area (Å²) in [6.07, 6.45) is 1.20. The summed E-state index contributed by atoms with van der Waals surface area (Å²) in [4.78, 5) is 33.2. The van der Waals surface area contributed by atoms with Gasteiger partial charge in [0.25, 0.3) is 23.0 Å². The van der Waals surface area contributed by atoms with Crippen LogP contribution in [0.5, 0.6) is 11.5 Å². The van der Waals surface area contributed by atoms with Gasteiger partial charge in [-0.2, -0.15) is 5.10 Å². The Morgan fingerprint density at radius 1 is 1.24 bits per heavy atom. The van der Waals surface area contributed by atoms with E-state index in [-0.39, 0.29) is 39.0 Å². The molecule has 0 bridgehead atoms. The van der Waals surface area contributed by atoms with Crippen molar-refractivity contribution < 1.29 is 33.6 Å². The number of nitrogens with one attached hydrogen (secondary N) is 1. The average Bonchev–Trinajstić information content (AvgIpc) is 3.15. The van der Waals surface area contributed by atoms with Gasteiger partial charge in [-0.3, -0.25) is 29.7 Å². The van der Waals surface area contributed by atoms with Crippen molar-refractivity contribution in [1.82, 2.24) is 10.6 Å². The highest BCUT2D eigenvalue weighted by Gasteiger charge is 2.29. The van der Waals surface area contributed by atoms with Gasteiger partial charge in [0, 0.05) is 35.8 Å². The molecule has 1 N–H and O–H groups in total. The Kier molecular flexibility index (Phi) is 6.95. The van der Waals surface area contributed by atoms with Crippen molar-refractivity contribution >= 4 is 23.5 Å². The van der Waals surface area contributed by atoms with Gasteiger partial charge in [-0.15, -0.1) is 0 Å². The van der Waals surface area contributed by atoms with Crippen LogP contribution in [-0.4, -0.2) is 40.8 Å². The van der Waals surface area contributed by atoms with Gasteiger partial charge in [-0.25, -0.2) is 5.43 Å². The van der Waals surface area contributed by atoms with E-state index in [1.807, 2.05) is 0 Å². The Morgan fingerprint density at radius 3 is 2.62 bits per heavy atom. The summed E-state index contributed by atoms with van der Waals surface area (Å²) in [7, 11) is 1.28. The van der Waals surface area contributed by atoms with Crippen LogP contribution in [0, 0.1) is 32.4 Å². The van der Waals surface area contributed by atoms with E-state index in [2.05, 4.69) is 20.3 Å². The van der Waals surface area contributed by atoms with Gasteiger partial charge in [-0.1, -0.05) is 12.1 Å². The lowest BCUT2D eigenvalue weighted by molar-refractivity contribution is -0.806. The standard InChI is InChI=1S/C19H16N6O9/c1-11-19(22-34-25(11)31)14-7-16(32-2)17(8-15(14)24(29)30)33-10-18(26)21-20-9-12-4-3-5-13(6-12)23(27)28/h3-9H,10H2,1-2H3,(H,21,26)/b20-9+. The molecule has 3 rings (SSSR count). The summed E-state index contributed by atoms with van der Waals surface area (Å²) in [5.74, 6) is -0.796. The Morgan fingerprint density at radius 2 is 2.00 bits per heavy atom. The van der Waals surface area contributed by atoms with Gasteiger partial charge in [0.2, 0.25) is 5.69 Å². The Balaban J connectivity index is 1.74.